The first-order chi connectivity index (χ1) is 13.6. The molecule has 3 rings (SSSR count). The van der Waals surface area contributed by atoms with Crippen molar-refractivity contribution in [2.75, 3.05) is 25.6 Å². The average Bonchev–Trinajstić information content (AvgIpc) is 2.72. The Morgan fingerprint density at radius 1 is 1.07 bits per heavy atom. The largest absolute Gasteiger partial charge is 0.494 e. The van der Waals surface area contributed by atoms with Crippen molar-refractivity contribution >= 4 is 28.3 Å². The Hall–Kier alpha value is -3.15. The molecule has 6 nitrogen and oxygen atoms in total. The molecule has 146 valence electrons. The summed E-state index contributed by atoms with van der Waals surface area (Å²) in [7, 11) is 3.66. The van der Waals surface area contributed by atoms with Crippen LogP contribution < -0.4 is 15.0 Å². The Kier molecular flexibility index (Phi) is 6.42. The minimum atomic E-state index is 0.0693. The second-order valence-electron chi connectivity index (χ2n) is 6.64. The second-order valence-corrected chi connectivity index (χ2v) is 6.64. The molecule has 1 heterocycles. The van der Waals surface area contributed by atoms with E-state index < -0.39 is 0 Å². The van der Waals surface area contributed by atoms with Crippen molar-refractivity contribution in [3.63, 3.8) is 0 Å². The molecule has 0 radical (unpaired) electrons. The van der Waals surface area contributed by atoms with Crippen LogP contribution in [0.3, 0.4) is 0 Å². The van der Waals surface area contributed by atoms with Gasteiger partial charge in [-0.1, -0.05) is 12.1 Å². The minimum absolute atomic E-state index is 0.0693. The highest BCUT2D eigenvalue weighted by molar-refractivity contribution is 5.91. The number of nitrogens with one attached hydrogen (secondary N) is 1. The number of unbranched alkanes of at least 4 members (excludes halogenated alkanes) is 1. The molecule has 0 atom stereocenters. The van der Waals surface area contributed by atoms with Gasteiger partial charge in [0, 0.05) is 31.6 Å². The molecule has 2 aromatic carbocycles. The standard InChI is InChI=1S/C22H26N4O2/c1-16-24-20-9-5-4-8-19(20)22(25-16)26(3)17-11-13-18(14-12-17)28-15-7-6-10-21(27)23-2/h4-5,8-9,11-14H,6-7,10,15H2,1-3H3,(H,23,27). The fourth-order valence-electron chi connectivity index (χ4n) is 3.02. The zero-order chi connectivity index (χ0) is 19.9. The summed E-state index contributed by atoms with van der Waals surface area (Å²) >= 11 is 0. The Labute approximate surface area is 165 Å². The first-order valence-electron chi connectivity index (χ1n) is 9.49. The van der Waals surface area contributed by atoms with Gasteiger partial charge in [0.2, 0.25) is 5.91 Å². The van der Waals surface area contributed by atoms with Gasteiger partial charge in [0.15, 0.2) is 0 Å². The lowest BCUT2D eigenvalue weighted by Crippen LogP contribution is -2.17. The van der Waals surface area contributed by atoms with Crippen LogP contribution in [0, 0.1) is 6.92 Å². The predicted octanol–water partition coefficient (Wildman–Crippen LogP) is 4.00. The van der Waals surface area contributed by atoms with Gasteiger partial charge in [0.05, 0.1) is 12.1 Å². The van der Waals surface area contributed by atoms with Crippen molar-refractivity contribution in [1.82, 2.24) is 15.3 Å². The van der Waals surface area contributed by atoms with Gasteiger partial charge in [0.25, 0.3) is 0 Å². The molecule has 0 saturated carbocycles. The summed E-state index contributed by atoms with van der Waals surface area (Å²) in [4.78, 5) is 22.4. The van der Waals surface area contributed by atoms with Crippen molar-refractivity contribution in [2.45, 2.75) is 26.2 Å². The monoisotopic (exact) mass is 378 g/mol. The maximum absolute atomic E-state index is 11.2. The first kappa shape index (κ1) is 19.6. The molecule has 0 aliphatic heterocycles. The fraction of sp³-hybridized carbons (Fsp3) is 0.318. The van der Waals surface area contributed by atoms with Crippen LogP contribution in [0.4, 0.5) is 11.5 Å². The van der Waals surface area contributed by atoms with Crippen LogP contribution in [0.1, 0.15) is 25.1 Å². The molecule has 6 heteroatoms. The number of aromatic nitrogens is 2. The maximum Gasteiger partial charge on any atom is 0.219 e. The highest BCUT2D eigenvalue weighted by Gasteiger charge is 2.12. The molecule has 0 bridgehead atoms. The van der Waals surface area contributed by atoms with Crippen LogP contribution in [0.5, 0.6) is 5.75 Å². The van der Waals surface area contributed by atoms with Gasteiger partial charge in [-0.25, -0.2) is 9.97 Å². The van der Waals surface area contributed by atoms with E-state index in [2.05, 4.69) is 20.2 Å². The van der Waals surface area contributed by atoms with E-state index in [0.717, 1.165) is 46.8 Å². The number of anilines is 2. The van der Waals surface area contributed by atoms with Crippen molar-refractivity contribution in [3.8, 4) is 5.75 Å². The summed E-state index contributed by atoms with van der Waals surface area (Å²) in [6, 6.07) is 16.0. The minimum Gasteiger partial charge on any atom is -0.494 e. The molecule has 0 aliphatic rings. The summed E-state index contributed by atoms with van der Waals surface area (Å²) < 4.78 is 5.78. The van der Waals surface area contributed by atoms with E-state index in [1.807, 2.05) is 62.5 Å². The lowest BCUT2D eigenvalue weighted by molar-refractivity contribution is -0.120. The molecule has 1 N–H and O–H groups in total. The summed E-state index contributed by atoms with van der Waals surface area (Å²) in [6.07, 6.45) is 2.21. The second kappa shape index (κ2) is 9.17. The molecule has 1 amide bonds. The summed E-state index contributed by atoms with van der Waals surface area (Å²) in [5, 5.41) is 3.65. The van der Waals surface area contributed by atoms with Crippen LogP contribution in [0.25, 0.3) is 10.9 Å². The van der Waals surface area contributed by atoms with Crippen LogP contribution in [0.2, 0.25) is 0 Å². The quantitative estimate of drug-likeness (QED) is 0.600. The van der Waals surface area contributed by atoms with Gasteiger partial charge in [-0.3, -0.25) is 4.79 Å². The van der Waals surface area contributed by atoms with Crippen molar-refractivity contribution in [1.29, 1.82) is 0 Å². The number of rotatable bonds is 8. The molecule has 28 heavy (non-hydrogen) atoms. The molecular formula is C22H26N4O2. The Bertz CT molecular complexity index is 941. The maximum atomic E-state index is 11.2. The zero-order valence-corrected chi connectivity index (χ0v) is 16.6. The molecule has 0 aliphatic carbocycles. The third-order valence-corrected chi connectivity index (χ3v) is 4.58. The fourth-order valence-corrected chi connectivity index (χ4v) is 3.02. The van der Waals surface area contributed by atoms with Crippen LogP contribution in [0.15, 0.2) is 48.5 Å². The number of hydrogen-bond acceptors (Lipinski definition) is 5. The van der Waals surface area contributed by atoms with E-state index in [4.69, 9.17) is 4.74 Å². The normalized spacial score (nSPS) is 10.7. The van der Waals surface area contributed by atoms with E-state index in [0.29, 0.717) is 13.0 Å². The lowest BCUT2D eigenvalue weighted by atomic mass is 10.2. The molecule has 0 unspecified atom stereocenters. The number of para-hydroxylation sites is 1. The van der Waals surface area contributed by atoms with Gasteiger partial charge in [-0.05, 0) is 56.2 Å². The number of carbonyl (C=O) groups excluding carboxylic acids is 1. The molecule has 0 fully saturated rings. The summed E-state index contributed by atoms with van der Waals surface area (Å²) in [5.41, 5.74) is 1.96. The number of carbonyl (C=O) groups is 1. The number of nitrogens with zero attached hydrogens (tertiary/aromatic N) is 3. The third kappa shape index (κ3) is 4.76. The van der Waals surface area contributed by atoms with Gasteiger partial charge in [-0.15, -0.1) is 0 Å². The van der Waals surface area contributed by atoms with E-state index in [1.165, 1.54) is 0 Å². The van der Waals surface area contributed by atoms with E-state index in [1.54, 1.807) is 7.05 Å². The number of hydrogen-bond donors (Lipinski definition) is 1. The first-order valence-corrected chi connectivity index (χ1v) is 9.49. The molecular weight excluding hydrogens is 352 g/mol. The number of amides is 1. The van der Waals surface area contributed by atoms with Gasteiger partial charge in [0.1, 0.15) is 17.4 Å². The predicted molar refractivity (Wildman–Crippen MR) is 112 cm³/mol. The highest BCUT2D eigenvalue weighted by atomic mass is 16.5. The average molecular weight is 378 g/mol. The lowest BCUT2D eigenvalue weighted by Gasteiger charge is -2.20. The van der Waals surface area contributed by atoms with Crippen LogP contribution in [-0.4, -0.2) is 36.6 Å². The van der Waals surface area contributed by atoms with E-state index in [-0.39, 0.29) is 5.91 Å². The van der Waals surface area contributed by atoms with Crippen LogP contribution in [-0.2, 0) is 4.79 Å². The Morgan fingerprint density at radius 2 is 1.82 bits per heavy atom. The Balaban J connectivity index is 1.64. The number of aryl methyl sites for hydroxylation is 1. The molecule has 0 saturated heterocycles. The number of ether oxygens (including phenoxy) is 1. The summed E-state index contributed by atoms with van der Waals surface area (Å²) in [5.74, 6) is 2.52. The molecule has 0 spiro atoms. The van der Waals surface area contributed by atoms with E-state index in [9.17, 15) is 4.79 Å². The number of benzene rings is 2. The molecule has 3 aromatic rings. The van der Waals surface area contributed by atoms with Crippen molar-refractivity contribution in [3.05, 3.63) is 54.4 Å². The smallest absolute Gasteiger partial charge is 0.219 e. The van der Waals surface area contributed by atoms with Gasteiger partial charge < -0.3 is 15.0 Å². The van der Waals surface area contributed by atoms with Crippen LogP contribution >= 0.6 is 0 Å². The summed E-state index contributed by atoms with van der Waals surface area (Å²) in [6.45, 7) is 2.51. The highest BCUT2D eigenvalue weighted by Crippen LogP contribution is 2.29. The van der Waals surface area contributed by atoms with E-state index >= 15 is 0 Å². The zero-order valence-electron chi connectivity index (χ0n) is 16.6. The SMILES string of the molecule is CNC(=O)CCCCOc1ccc(N(C)c2nc(C)nc3ccccc23)cc1. The van der Waals surface area contributed by atoms with Gasteiger partial charge in [-0.2, -0.15) is 0 Å². The number of fused-ring (bicyclic) bond motifs is 1. The van der Waals surface area contributed by atoms with Crippen molar-refractivity contribution in [2.24, 2.45) is 0 Å². The van der Waals surface area contributed by atoms with Crippen molar-refractivity contribution < 1.29 is 9.53 Å². The Morgan fingerprint density at radius 3 is 2.57 bits per heavy atom. The third-order valence-electron chi connectivity index (χ3n) is 4.58. The van der Waals surface area contributed by atoms with Gasteiger partial charge >= 0.3 is 0 Å². The topological polar surface area (TPSA) is 67.3 Å². The molecule has 1 aromatic heterocycles.